The number of sulfonamides is 1. The maximum atomic E-state index is 12.6. The lowest BCUT2D eigenvalue weighted by molar-refractivity contribution is -0.120. The fourth-order valence-corrected chi connectivity index (χ4v) is 3.79. The highest BCUT2D eigenvalue weighted by Gasteiger charge is 2.28. The van der Waals surface area contributed by atoms with Crippen LogP contribution < -0.4 is 11.1 Å². The molecule has 20 heavy (non-hydrogen) atoms. The smallest absolute Gasteiger partial charge is 0.245 e. The zero-order valence-corrected chi connectivity index (χ0v) is 12.5. The Kier molecular flexibility index (Phi) is 4.01. The van der Waals surface area contributed by atoms with Crippen molar-refractivity contribution in [1.82, 2.24) is 9.62 Å². The van der Waals surface area contributed by atoms with Crippen LogP contribution in [0.1, 0.15) is 17.5 Å². The zero-order valence-electron chi connectivity index (χ0n) is 11.6. The molecule has 6 nitrogen and oxygen atoms in total. The van der Waals surface area contributed by atoms with Crippen LogP contribution in [0, 0.1) is 13.8 Å². The number of benzene rings is 1. The molecule has 7 heteroatoms. The average Bonchev–Trinajstić information content (AvgIpc) is 2.59. The summed E-state index contributed by atoms with van der Waals surface area (Å²) in [4.78, 5) is 11.4. The molecule has 3 N–H and O–H groups in total. The van der Waals surface area contributed by atoms with Gasteiger partial charge in [-0.05, 0) is 37.1 Å². The van der Waals surface area contributed by atoms with Crippen LogP contribution in [0.15, 0.2) is 17.0 Å². The van der Waals surface area contributed by atoms with Crippen LogP contribution in [0.4, 0.5) is 5.69 Å². The van der Waals surface area contributed by atoms with E-state index in [9.17, 15) is 13.2 Å². The van der Waals surface area contributed by atoms with Crippen molar-refractivity contribution in [3.63, 3.8) is 0 Å². The molecule has 2 rings (SSSR count). The first-order valence-corrected chi connectivity index (χ1v) is 7.90. The quantitative estimate of drug-likeness (QED) is 0.773. The van der Waals surface area contributed by atoms with E-state index in [0.29, 0.717) is 6.54 Å². The van der Waals surface area contributed by atoms with Crippen LogP contribution in [-0.2, 0) is 14.8 Å². The second-order valence-corrected chi connectivity index (χ2v) is 6.88. The summed E-state index contributed by atoms with van der Waals surface area (Å²) in [6.07, 6.45) is 0.171. The summed E-state index contributed by atoms with van der Waals surface area (Å²) in [5.41, 5.74) is 7.94. The van der Waals surface area contributed by atoms with E-state index in [4.69, 9.17) is 5.73 Å². The Morgan fingerprint density at radius 1 is 1.20 bits per heavy atom. The molecule has 0 atom stereocenters. The Labute approximate surface area is 119 Å². The van der Waals surface area contributed by atoms with Gasteiger partial charge in [0.2, 0.25) is 15.9 Å². The van der Waals surface area contributed by atoms with Gasteiger partial charge in [-0.15, -0.1) is 0 Å². The second-order valence-electron chi connectivity index (χ2n) is 4.98. The van der Waals surface area contributed by atoms with Gasteiger partial charge in [-0.3, -0.25) is 4.79 Å². The maximum Gasteiger partial charge on any atom is 0.245 e. The molecular weight excluding hydrogens is 278 g/mol. The highest BCUT2D eigenvalue weighted by Crippen LogP contribution is 2.26. The molecule has 1 aliphatic heterocycles. The lowest BCUT2D eigenvalue weighted by Crippen LogP contribution is -2.34. The zero-order chi connectivity index (χ0) is 14.9. The molecule has 1 aromatic carbocycles. The van der Waals surface area contributed by atoms with Crippen LogP contribution in [-0.4, -0.2) is 38.3 Å². The Morgan fingerprint density at radius 2 is 1.85 bits per heavy atom. The van der Waals surface area contributed by atoms with E-state index >= 15 is 0 Å². The number of nitrogen functional groups attached to an aromatic ring is 1. The predicted molar refractivity (Wildman–Crippen MR) is 76.7 cm³/mol. The van der Waals surface area contributed by atoms with Crippen molar-refractivity contribution in [2.75, 3.05) is 25.4 Å². The van der Waals surface area contributed by atoms with Gasteiger partial charge in [-0.1, -0.05) is 0 Å². The number of hydrogen-bond donors (Lipinski definition) is 2. The Morgan fingerprint density at radius 3 is 2.55 bits per heavy atom. The number of aryl methyl sites for hydroxylation is 2. The van der Waals surface area contributed by atoms with Gasteiger partial charge in [0.05, 0.1) is 5.69 Å². The molecular formula is C13H19N3O3S. The standard InChI is InChI=1S/C13H19N3O3S/c1-9-7-11(14)12(8-10(9)2)20(18,19)16-5-3-13(17)15-4-6-16/h7-8H,3-6,14H2,1-2H3,(H,15,17). The van der Waals surface area contributed by atoms with Gasteiger partial charge in [0.1, 0.15) is 4.90 Å². The maximum absolute atomic E-state index is 12.6. The van der Waals surface area contributed by atoms with Crippen molar-refractivity contribution in [3.05, 3.63) is 23.3 Å². The van der Waals surface area contributed by atoms with E-state index in [1.54, 1.807) is 12.1 Å². The van der Waals surface area contributed by atoms with E-state index in [1.807, 2.05) is 13.8 Å². The van der Waals surface area contributed by atoms with Crippen LogP contribution in [0.2, 0.25) is 0 Å². The summed E-state index contributed by atoms with van der Waals surface area (Å²) in [6.45, 7) is 4.50. The normalized spacial score (nSPS) is 17.6. The van der Waals surface area contributed by atoms with Crippen LogP contribution in [0.5, 0.6) is 0 Å². The van der Waals surface area contributed by atoms with Crippen molar-refractivity contribution >= 4 is 21.6 Å². The third-order valence-corrected chi connectivity index (χ3v) is 5.47. The third-order valence-electron chi connectivity index (χ3n) is 3.52. The molecule has 1 aliphatic rings. The topological polar surface area (TPSA) is 92.5 Å². The highest BCUT2D eigenvalue weighted by atomic mass is 32.2. The van der Waals surface area contributed by atoms with Gasteiger partial charge in [0, 0.05) is 26.1 Å². The van der Waals surface area contributed by atoms with E-state index < -0.39 is 10.0 Å². The number of carbonyl (C=O) groups excluding carboxylic acids is 1. The minimum absolute atomic E-state index is 0.120. The van der Waals surface area contributed by atoms with Gasteiger partial charge >= 0.3 is 0 Å². The molecule has 0 radical (unpaired) electrons. The minimum atomic E-state index is -3.66. The van der Waals surface area contributed by atoms with Crippen molar-refractivity contribution < 1.29 is 13.2 Å². The molecule has 1 heterocycles. The largest absolute Gasteiger partial charge is 0.398 e. The van der Waals surface area contributed by atoms with Gasteiger partial charge in [-0.2, -0.15) is 4.31 Å². The lowest BCUT2D eigenvalue weighted by atomic mass is 10.1. The Balaban J connectivity index is 2.39. The molecule has 0 bridgehead atoms. The van der Waals surface area contributed by atoms with Gasteiger partial charge in [-0.25, -0.2) is 8.42 Å². The van der Waals surface area contributed by atoms with E-state index in [2.05, 4.69) is 5.32 Å². The van der Waals surface area contributed by atoms with Crippen molar-refractivity contribution in [2.45, 2.75) is 25.2 Å². The van der Waals surface area contributed by atoms with Crippen molar-refractivity contribution in [2.24, 2.45) is 0 Å². The number of rotatable bonds is 2. The number of nitrogens with two attached hydrogens (primary N) is 1. The lowest BCUT2D eigenvalue weighted by Gasteiger charge is -2.21. The summed E-state index contributed by atoms with van der Waals surface area (Å²) in [5.74, 6) is -0.129. The number of carbonyl (C=O) groups is 1. The first-order valence-electron chi connectivity index (χ1n) is 6.46. The highest BCUT2D eigenvalue weighted by molar-refractivity contribution is 7.89. The predicted octanol–water partition coefficient (Wildman–Crippen LogP) is 0.396. The molecule has 1 aromatic rings. The monoisotopic (exact) mass is 297 g/mol. The molecule has 0 aliphatic carbocycles. The number of nitrogens with one attached hydrogen (secondary N) is 1. The van der Waals surface area contributed by atoms with Crippen LogP contribution in [0.3, 0.4) is 0 Å². The average molecular weight is 297 g/mol. The summed E-state index contributed by atoms with van der Waals surface area (Å²) in [5, 5.41) is 2.66. The molecule has 1 fully saturated rings. The van der Waals surface area contributed by atoms with Crippen molar-refractivity contribution in [3.8, 4) is 0 Å². The van der Waals surface area contributed by atoms with Gasteiger partial charge < -0.3 is 11.1 Å². The Bertz CT molecular complexity index is 641. The molecule has 0 aromatic heterocycles. The summed E-state index contributed by atoms with van der Waals surface area (Å²) < 4.78 is 26.6. The van der Waals surface area contributed by atoms with Crippen molar-refractivity contribution in [1.29, 1.82) is 0 Å². The fraction of sp³-hybridized carbons (Fsp3) is 0.462. The Hall–Kier alpha value is -1.60. The molecule has 0 saturated carbocycles. The summed E-state index contributed by atoms with van der Waals surface area (Å²) in [7, 11) is -3.66. The number of nitrogens with zero attached hydrogens (tertiary/aromatic N) is 1. The summed E-state index contributed by atoms with van der Waals surface area (Å²) >= 11 is 0. The second kappa shape index (κ2) is 5.41. The molecule has 110 valence electrons. The van der Waals surface area contributed by atoms with Crippen LogP contribution in [0.25, 0.3) is 0 Å². The van der Waals surface area contributed by atoms with E-state index in [-0.39, 0.29) is 36.0 Å². The minimum Gasteiger partial charge on any atom is -0.398 e. The summed E-state index contributed by atoms with van der Waals surface area (Å²) in [6, 6.07) is 3.27. The number of hydrogen-bond acceptors (Lipinski definition) is 4. The molecule has 1 amide bonds. The molecule has 0 spiro atoms. The van der Waals surface area contributed by atoms with Crippen LogP contribution >= 0.6 is 0 Å². The van der Waals surface area contributed by atoms with E-state index in [1.165, 1.54) is 4.31 Å². The van der Waals surface area contributed by atoms with Gasteiger partial charge in [0.25, 0.3) is 0 Å². The SMILES string of the molecule is Cc1cc(N)c(S(=O)(=O)N2CCNC(=O)CC2)cc1C. The molecule has 0 unspecified atom stereocenters. The molecule has 1 saturated heterocycles. The first kappa shape index (κ1) is 14.8. The van der Waals surface area contributed by atoms with Gasteiger partial charge in [0.15, 0.2) is 0 Å². The van der Waals surface area contributed by atoms with E-state index in [0.717, 1.165) is 11.1 Å². The number of anilines is 1. The first-order chi connectivity index (χ1) is 9.32. The fourth-order valence-electron chi connectivity index (χ4n) is 2.16. The third kappa shape index (κ3) is 2.78. The number of amides is 1.